The van der Waals surface area contributed by atoms with Gasteiger partial charge in [0.1, 0.15) is 11.6 Å². The smallest absolute Gasteiger partial charge is 0.275 e. The monoisotopic (exact) mass is 443 g/mol. The number of para-hydroxylation sites is 2. The second-order valence-corrected chi connectivity index (χ2v) is 7.66. The van der Waals surface area contributed by atoms with Gasteiger partial charge in [0.2, 0.25) is 5.88 Å². The van der Waals surface area contributed by atoms with Crippen molar-refractivity contribution in [2.45, 2.75) is 6.92 Å². The maximum atomic E-state index is 13.4. The molecule has 2 N–H and O–H groups in total. The molecule has 0 aliphatic rings. The van der Waals surface area contributed by atoms with Gasteiger partial charge in [-0.25, -0.2) is 9.67 Å². The Morgan fingerprint density at radius 2 is 1.97 bits per heavy atom. The molecule has 0 spiro atoms. The number of pyridine rings is 1. The lowest BCUT2D eigenvalue weighted by molar-refractivity contribution is 0.432. The number of aromatic amines is 1. The van der Waals surface area contributed by atoms with Crippen LogP contribution in [0.1, 0.15) is 16.7 Å². The normalized spacial score (nSPS) is 12.0. The van der Waals surface area contributed by atoms with Crippen molar-refractivity contribution in [2.75, 3.05) is 0 Å². The highest BCUT2D eigenvalue weighted by molar-refractivity contribution is 6.30. The fourth-order valence-electron chi connectivity index (χ4n) is 3.80. The minimum atomic E-state index is -0.602. The molecule has 156 valence electrons. The zero-order chi connectivity index (χ0) is 22.6. The third kappa shape index (κ3) is 2.80. The molecule has 0 radical (unpaired) electrons. The van der Waals surface area contributed by atoms with E-state index in [0.29, 0.717) is 27.3 Å². The van der Waals surface area contributed by atoms with Crippen molar-refractivity contribution in [3.8, 4) is 17.6 Å². The molecule has 0 atom stereocenters. The Kier molecular flexibility index (Phi) is 4.36. The molecular formula is C23H14ClN5O3. The lowest BCUT2D eigenvalue weighted by atomic mass is 10.1. The third-order valence-corrected chi connectivity index (χ3v) is 5.61. The van der Waals surface area contributed by atoms with Gasteiger partial charge in [0.15, 0.2) is 5.65 Å². The fraction of sp³-hybridized carbons (Fsp3) is 0.0435. The molecule has 32 heavy (non-hydrogen) atoms. The second kappa shape index (κ2) is 7.11. The Morgan fingerprint density at radius 1 is 1.19 bits per heavy atom. The first-order valence-electron chi connectivity index (χ1n) is 9.56. The molecular weight excluding hydrogens is 430 g/mol. The Morgan fingerprint density at radius 3 is 2.72 bits per heavy atom. The summed E-state index contributed by atoms with van der Waals surface area (Å²) in [4.78, 5) is 30.5. The molecule has 0 bridgehead atoms. The molecule has 0 saturated carbocycles. The van der Waals surface area contributed by atoms with Gasteiger partial charge in [-0.2, -0.15) is 5.26 Å². The maximum Gasteiger partial charge on any atom is 0.275 e. The average Bonchev–Trinajstić information content (AvgIpc) is 3.29. The minimum absolute atomic E-state index is 0.113. The molecule has 3 aromatic heterocycles. The number of hydrogen-bond acceptors (Lipinski definition) is 5. The van der Waals surface area contributed by atoms with Crippen molar-refractivity contribution in [1.29, 1.82) is 5.26 Å². The number of nitrogens with one attached hydrogen (secondary N) is 1. The van der Waals surface area contributed by atoms with E-state index in [0.717, 1.165) is 0 Å². The first kappa shape index (κ1) is 19.6. The van der Waals surface area contributed by atoms with Crippen LogP contribution in [0.2, 0.25) is 5.02 Å². The van der Waals surface area contributed by atoms with E-state index in [1.807, 2.05) is 0 Å². The summed E-state index contributed by atoms with van der Waals surface area (Å²) in [5.74, 6) is -0.384. The predicted molar refractivity (Wildman–Crippen MR) is 120 cm³/mol. The Hall–Kier alpha value is -4.35. The summed E-state index contributed by atoms with van der Waals surface area (Å²) in [5.41, 5.74) is 1.25. The van der Waals surface area contributed by atoms with E-state index < -0.39 is 11.1 Å². The van der Waals surface area contributed by atoms with Crippen LogP contribution in [0.3, 0.4) is 0 Å². The number of aromatic nitrogens is 4. The van der Waals surface area contributed by atoms with E-state index in [-0.39, 0.29) is 27.9 Å². The van der Waals surface area contributed by atoms with Crippen LogP contribution in [0, 0.1) is 18.3 Å². The molecule has 0 fully saturated rings. The molecule has 0 saturated heterocycles. The topological polar surface area (TPSA) is 116 Å². The molecule has 0 aliphatic heterocycles. The number of halogens is 1. The van der Waals surface area contributed by atoms with Gasteiger partial charge in [0.25, 0.3) is 11.1 Å². The van der Waals surface area contributed by atoms with Crippen molar-refractivity contribution in [1.82, 2.24) is 19.2 Å². The number of H-pyrrole nitrogens is 1. The van der Waals surface area contributed by atoms with Crippen molar-refractivity contribution in [2.24, 2.45) is 0 Å². The van der Waals surface area contributed by atoms with Crippen molar-refractivity contribution in [3.05, 3.63) is 96.2 Å². The van der Waals surface area contributed by atoms with Crippen LogP contribution in [0.4, 0.5) is 0 Å². The highest BCUT2D eigenvalue weighted by atomic mass is 35.5. The molecule has 3 heterocycles. The van der Waals surface area contributed by atoms with Gasteiger partial charge in [-0.3, -0.25) is 19.1 Å². The fourth-order valence-corrected chi connectivity index (χ4v) is 3.98. The summed E-state index contributed by atoms with van der Waals surface area (Å²) >= 11 is 6.02. The standard InChI is InChI=1S/C23H14ClN5O3/c1-12-15(10-16-21(30)27-29(23(16)32)14-6-4-5-13(24)9-14)22(31)28-19-8-3-2-7-18(19)26-20(28)17(12)11-25/h2-10,32H,1H3,(H,27,30)/b15-10+. The lowest BCUT2D eigenvalue weighted by Gasteiger charge is -2.04. The van der Waals surface area contributed by atoms with Gasteiger partial charge in [0.05, 0.1) is 22.3 Å². The van der Waals surface area contributed by atoms with Crippen molar-refractivity contribution < 1.29 is 5.11 Å². The van der Waals surface area contributed by atoms with Crippen molar-refractivity contribution >= 4 is 34.4 Å². The van der Waals surface area contributed by atoms with Gasteiger partial charge < -0.3 is 5.11 Å². The Labute approximate surface area is 184 Å². The largest absolute Gasteiger partial charge is 0.493 e. The first-order valence-corrected chi connectivity index (χ1v) is 9.94. The van der Waals surface area contributed by atoms with E-state index in [1.165, 1.54) is 15.2 Å². The molecule has 8 nitrogen and oxygen atoms in total. The quantitative estimate of drug-likeness (QED) is 0.434. The van der Waals surface area contributed by atoms with E-state index in [9.17, 15) is 20.0 Å². The number of fused-ring (bicyclic) bond motifs is 3. The summed E-state index contributed by atoms with van der Waals surface area (Å²) in [5, 5.41) is 23.6. The van der Waals surface area contributed by atoms with Crippen LogP contribution in [0.5, 0.6) is 5.88 Å². The second-order valence-electron chi connectivity index (χ2n) is 7.23. The number of hydrogen-bond donors (Lipinski definition) is 2. The average molecular weight is 444 g/mol. The summed E-state index contributed by atoms with van der Waals surface area (Å²) in [6, 6.07) is 15.7. The molecule has 2 aromatic carbocycles. The van der Waals surface area contributed by atoms with E-state index in [4.69, 9.17) is 11.6 Å². The Balaban J connectivity index is 1.86. The van der Waals surface area contributed by atoms with E-state index in [2.05, 4.69) is 16.2 Å². The Bertz CT molecular complexity index is 1770. The summed E-state index contributed by atoms with van der Waals surface area (Å²) in [6.07, 6.45) is 1.29. The number of nitriles is 1. The van der Waals surface area contributed by atoms with Gasteiger partial charge in [-0.05, 0) is 48.9 Å². The highest BCUT2D eigenvalue weighted by Crippen LogP contribution is 2.22. The predicted octanol–water partition coefficient (Wildman–Crippen LogP) is 2.41. The van der Waals surface area contributed by atoms with Crippen LogP contribution in [-0.4, -0.2) is 24.3 Å². The van der Waals surface area contributed by atoms with Crippen molar-refractivity contribution in [3.63, 3.8) is 0 Å². The van der Waals surface area contributed by atoms with Gasteiger partial charge in [-0.15, -0.1) is 0 Å². The lowest BCUT2D eigenvalue weighted by Crippen LogP contribution is -2.34. The molecule has 5 rings (SSSR count). The summed E-state index contributed by atoms with van der Waals surface area (Å²) in [7, 11) is 0. The minimum Gasteiger partial charge on any atom is -0.493 e. The van der Waals surface area contributed by atoms with Gasteiger partial charge >= 0.3 is 0 Å². The summed E-state index contributed by atoms with van der Waals surface area (Å²) in [6.45, 7) is 1.62. The highest BCUT2D eigenvalue weighted by Gasteiger charge is 2.18. The molecule has 5 aromatic rings. The third-order valence-electron chi connectivity index (χ3n) is 5.37. The van der Waals surface area contributed by atoms with Crippen LogP contribution >= 0.6 is 11.6 Å². The molecule has 0 unspecified atom stereocenters. The number of benzene rings is 2. The molecule has 0 amide bonds. The molecule has 9 heteroatoms. The maximum absolute atomic E-state index is 13.4. The van der Waals surface area contributed by atoms with Crippen LogP contribution in [-0.2, 0) is 0 Å². The van der Waals surface area contributed by atoms with Gasteiger partial charge in [0, 0.05) is 10.2 Å². The number of imidazole rings is 1. The van der Waals surface area contributed by atoms with Gasteiger partial charge in [-0.1, -0.05) is 29.8 Å². The van der Waals surface area contributed by atoms with E-state index in [1.54, 1.807) is 55.5 Å². The van der Waals surface area contributed by atoms with Crippen LogP contribution < -0.4 is 16.3 Å². The zero-order valence-corrected chi connectivity index (χ0v) is 17.4. The van der Waals surface area contributed by atoms with Crippen LogP contribution in [0.25, 0.3) is 28.4 Å². The van der Waals surface area contributed by atoms with E-state index >= 15 is 0 Å². The number of aromatic hydroxyl groups is 1. The SMILES string of the molecule is Cc1c(C#N)c2nc3ccccc3n2c(=O)/c1=C/c1c(O)n(-c2cccc(Cl)c2)[nH]c1=O. The summed E-state index contributed by atoms with van der Waals surface area (Å²) < 4.78 is 2.53. The molecule has 0 aliphatic carbocycles. The van der Waals surface area contributed by atoms with Crippen LogP contribution in [0.15, 0.2) is 58.1 Å². The number of rotatable bonds is 2. The zero-order valence-electron chi connectivity index (χ0n) is 16.6. The first-order chi connectivity index (χ1) is 15.4. The number of nitrogens with zero attached hydrogens (tertiary/aromatic N) is 4.